The molecule has 2 heteroatoms. The van der Waals surface area contributed by atoms with E-state index in [4.69, 9.17) is 9.47 Å². The molecule has 3 fully saturated rings. The number of allylic oxidation sites excluding steroid dienone is 2. The van der Waals surface area contributed by atoms with Gasteiger partial charge in [0.2, 0.25) is 0 Å². The lowest BCUT2D eigenvalue weighted by atomic mass is 9.55. The van der Waals surface area contributed by atoms with E-state index in [0.717, 1.165) is 36.5 Å². The first-order chi connectivity index (χ1) is 12.0. The predicted molar refractivity (Wildman–Crippen MR) is 104 cm³/mol. The van der Waals surface area contributed by atoms with Crippen LogP contribution in [-0.4, -0.2) is 20.0 Å². The molecule has 144 valence electrons. The van der Waals surface area contributed by atoms with Crippen LogP contribution in [-0.2, 0) is 9.47 Å². The Morgan fingerprint density at radius 2 is 1.72 bits per heavy atom. The summed E-state index contributed by atoms with van der Waals surface area (Å²) < 4.78 is 11.4. The van der Waals surface area contributed by atoms with E-state index in [2.05, 4.69) is 26.8 Å². The number of hydrogen-bond acceptors (Lipinski definition) is 2. The lowest BCUT2D eigenvalue weighted by molar-refractivity contribution is -0.231. The van der Waals surface area contributed by atoms with Gasteiger partial charge >= 0.3 is 0 Å². The van der Waals surface area contributed by atoms with E-state index in [-0.39, 0.29) is 5.79 Å². The maximum atomic E-state index is 5.72. The molecule has 3 aliphatic carbocycles. The molecule has 3 aliphatic rings. The van der Waals surface area contributed by atoms with Gasteiger partial charge in [-0.15, -0.1) is 0 Å². The molecule has 0 spiro atoms. The average Bonchev–Trinajstić information content (AvgIpc) is 2.99. The van der Waals surface area contributed by atoms with Crippen LogP contribution in [0.3, 0.4) is 0 Å². The summed E-state index contributed by atoms with van der Waals surface area (Å²) in [7, 11) is 3.62. The van der Waals surface area contributed by atoms with E-state index >= 15 is 0 Å². The lowest BCUT2D eigenvalue weighted by Crippen LogP contribution is -2.45. The van der Waals surface area contributed by atoms with Crippen LogP contribution in [0.2, 0.25) is 0 Å². The molecule has 0 aromatic carbocycles. The van der Waals surface area contributed by atoms with Gasteiger partial charge in [-0.2, -0.15) is 0 Å². The van der Waals surface area contributed by atoms with E-state index in [1.165, 1.54) is 51.4 Å². The Morgan fingerprint density at radius 1 is 1.04 bits per heavy atom. The molecule has 4 atom stereocenters. The first-order valence-electron chi connectivity index (χ1n) is 10.8. The molecular formula is C23H40O2. The van der Waals surface area contributed by atoms with Gasteiger partial charge in [0.1, 0.15) is 0 Å². The summed E-state index contributed by atoms with van der Waals surface area (Å²) in [6.45, 7) is 7.23. The second kappa shape index (κ2) is 7.72. The Bertz CT molecular complexity index is 468. The zero-order valence-corrected chi connectivity index (χ0v) is 17.3. The number of rotatable bonds is 5. The summed E-state index contributed by atoms with van der Waals surface area (Å²) in [6.07, 6.45) is 15.6. The molecule has 0 heterocycles. The van der Waals surface area contributed by atoms with E-state index in [0.29, 0.717) is 5.41 Å². The molecule has 0 bridgehead atoms. The average molecular weight is 349 g/mol. The first kappa shape index (κ1) is 19.4. The largest absolute Gasteiger partial charge is 0.353 e. The zero-order chi connectivity index (χ0) is 18.1. The zero-order valence-electron chi connectivity index (χ0n) is 17.3. The Hall–Kier alpha value is -0.340. The fraction of sp³-hybridized carbons (Fsp3) is 0.913. The molecule has 2 nitrogen and oxygen atoms in total. The molecule has 0 aromatic rings. The molecule has 0 aliphatic heterocycles. The van der Waals surface area contributed by atoms with Crippen LogP contribution in [0.1, 0.15) is 85.0 Å². The van der Waals surface area contributed by atoms with E-state index in [1.54, 1.807) is 5.57 Å². The molecule has 0 radical (unpaired) electrons. The van der Waals surface area contributed by atoms with Crippen LogP contribution in [0.25, 0.3) is 0 Å². The van der Waals surface area contributed by atoms with Crippen molar-refractivity contribution in [3.63, 3.8) is 0 Å². The van der Waals surface area contributed by atoms with E-state index in [9.17, 15) is 0 Å². The van der Waals surface area contributed by atoms with Crippen molar-refractivity contribution in [1.82, 2.24) is 0 Å². The van der Waals surface area contributed by atoms with Crippen molar-refractivity contribution >= 4 is 0 Å². The molecule has 0 amide bonds. The van der Waals surface area contributed by atoms with Crippen LogP contribution in [0, 0.1) is 29.1 Å². The SMILES string of the molecule is C/C=C1/CC[C@H]2[C@H](CCC)[C@@H](C3CCC(OC)(OC)CC3)CC[C@]12C. The van der Waals surface area contributed by atoms with Crippen molar-refractivity contribution in [2.24, 2.45) is 29.1 Å². The van der Waals surface area contributed by atoms with Gasteiger partial charge in [0.25, 0.3) is 0 Å². The summed E-state index contributed by atoms with van der Waals surface area (Å²) in [4.78, 5) is 0. The Balaban J connectivity index is 1.75. The second-order valence-corrected chi connectivity index (χ2v) is 9.19. The third-order valence-electron chi connectivity index (χ3n) is 8.45. The number of hydrogen-bond donors (Lipinski definition) is 0. The smallest absolute Gasteiger partial charge is 0.167 e. The summed E-state index contributed by atoms with van der Waals surface area (Å²) >= 11 is 0. The minimum atomic E-state index is -0.300. The summed E-state index contributed by atoms with van der Waals surface area (Å²) in [5, 5.41) is 0. The van der Waals surface area contributed by atoms with Gasteiger partial charge in [-0.25, -0.2) is 0 Å². The number of ether oxygens (including phenoxy) is 2. The second-order valence-electron chi connectivity index (χ2n) is 9.19. The van der Waals surface area contributed by atoms with Gasteiger partial charge in [-0.05, 0) is 74.5 Å². The third-order valence-corrected chi connectivity index (χ3v) is 8.45. The van der Waals surface area contributed by atoms with Crippen LogP contribution < -0.4 is 0 Å². The third kappa shape index (κ3) is 3.34. The topological polar surface area (TPSA) is 18.5 Å². The molecule has 25 heavy (non-hydrogen) atoms. The monoisotopic (exact) mass is 348 g/mol. The fourth-order valence-electron chi connectivity index (χ4n) is 6.97. The standard InChI is InChI=1S/C23H40O2/c1-6-8-20-19(17-11-15-23(24-4,25-5)16-12-17)13-14-22(3)18(7-2)9-10-21(20)22/h7,17,19-21H,6,8-16H2,1-5H3/b18-7-/t19-,20-,21+,22-/m1/s1. The number of fused-ring (bicyclic) bond motifs is 1. The van der Waals surface area contributed by atoms with E-state index in [1.807, 2.05) is 14.2 Å². The van der Waals surface area contributed by atoms with Crippen LogP contribution >= 0.6 is 0 Å². The van der Waals surface area contributed by atoms with Gasteiger partial charge in [0.05, 0.1) is 0 Å². The van der Waals surface area contributed by atoms with Crippen LogP contribution in [0.4, 0.5) is 0 Å². The van der Waals surface area contributed by atoms with Gasteiger partial charge in [0.15, 0.2) is 5.79 Å². The molecule has 0 unspecified atom stereocenters. The van der Waals surface area contributed by atoms with Gasteiger partial charge < -0.3 is 9.47 Å². The summed E-state index contributed by atoms with van der Waals surface area (Å²) in [6, 6.07) is 0. The minimum absolute atomic E-state index is 0.300. The summed E-state index contributed by atoms with van der Waals surface area (Å²) in [5.41, 5.74) is 2.27. The molecule has 3 rings (SSSR count). The Labute approximate surface area is 155 Å². The maximum Gasteiger partial charge on any atom is 0.167 e. The van der Waals surface area contributed by atoms with Crippen LogP contribution in [0.15, 0.2) is 11.6 Å². The molecular weight excluding hydrogens is 308 g/mol. The highest BCUT2D eigenvalue weighted by atomic mass is 16.7. The van der Waals surface area contributed by atoms with Crippen molar-refractivity contribution in [3.05, 3.63) is 11.6 Å². The highest BCUT2D eigenvalue weighted by Crippen LogP contribution is 2.61. The molecule has 0 aromatic heterocycles. The predicted octanol–water partition coefficient (Wildman–Crippen LogP) is 6.35. The van der Waals surface area contributed by atoms with Gasteiger partial charge in [0, 0.05) is 27.1 Å². The highest BCUT2D eigenvalue weighted by molar-refractivity contribution is 5.22. The van der Waals surface area contributed by atoms with E-state index < -0.39 is 0 Å². The molecule has 3 saturated carbocycles. The summed E-state index contributed by atoms with van der Waals surface area (Å²) in [5.74, 6) is 3.37. The molecule has 0 saturated heterocycles. The lowest BCUT2D eigenvalue weighted by Gasteiger charge is -2.51. The fourth-order valence-corrected chi connectivity index (χ4v) is 6.97. The first-order valence-corrected chi connectivity index (χ1v) is 10.8. The normalized spacial score (nSPS) is 40.4. The number of methoxy groups -OCH3 is 2. The minimum Gasteiger partial charge on any atom is -0.353 e. The quantitative estimate of drug-likeness (QED) is 0.425. The Kier molecular flexibility index (Phi) is 6.00. The van der Waals surface area contributed by atoms with Crippen molar-refractivity contribution in [2.45, 2.75) is 90.8 Å². The van der Waals surface area contributed by atoms with Crippen molar-refractivity contribution in [3.8, 4) is 0 Å². The van der Waals surface area contributed by atoms with Gasteiger partial charge in [-0.3, -0.25) is 0 Å². The van der Waals surface area contributed by atoms with Crippen molar-refractivity contribution < 1.29 is 9.47 Å². The molecule has 0 N–H and O–H groups in total. The van der Waals surface area contributed by atoms with Crippen LogP contribution in [0.5, 0.6) is 0 Å². The Morgan fingerprint density at radius 3 is 2.28 bits per heavy atom. The maximum absolute atomic E-state index is 5.72. The van der Waals surface area contributed by atoms with Crippen molar-refractivity contribution in [2.75, 3.05) is 14.2 Å². The van der Waals surface area contributed by atoms with Crippen molar-refractivity contribution in [1.29, 1.82) is 0 Å². The van der Waals surface area contributed by atoms with Gasteiger partial charge in [-0.1, -0.05) is 38.3 Å². The highest BCUT2D eigenvalue weighted by Gasteiger charge is 2.52.